The highest BCUT2D eigenvalue weighted by molar-refractivity contribution is 7.47. The van der Waals surface area contributed by atoms with Gasteiger partial charge in [-0.3, -0.25) is 37.3 Å². The first-order valence-corrected chi connectivity index (χ1v) is 46.2. The lowest BCUT2D eigenvalue weighted by Crippen LogP contribution is -2.30. The second-order valence-electron chi connectivity index (χ2n) is 32.1. The van der Waals surface area contributed by atoms with Crippen molar-refractivity contribution >= 4 is 39.5 Å². The summed E-state index contributed by atoms with van der Waals surface area (Å²) in [5.74, 6) is 0.977. The van der Waals surface area contributed by atoms with Crippen LogP contribution in [-0.2, 0) is 65.4 Å². The zero-order valence-electron chi connectivity index (χ0n) is 68.0. The van der Waals surface area contributed by atoms with Gasteiger partial charge in [-0.1, -0.05) is 383 Å². The van der Waals surface area contributed by atoms with Gasteiger partial charge < -0.3 is 33.8 Å². The molecule has 0 aromatic rings. The Balaban J connectivity index is 5.22. The number of aliphatic hydroxyl groups is 1. The van der Waals surface area contributed by atoms with Crippen molar-refractivity contribution in [2.45, 2.75) is 453 Å². The van der Waals surface area contributed by atoms with Crippen molar-refractivity contribution in [1.29, 1.82) is 0 Å². The zero-order chi connectivity index (χ0) is 76.0. The third kappa shape index (κ3) is 78.0. The normalized spacial score (nSPS) is 14.0. The van der Waals surface area contributed by atoms with Gasteiger partial charge in [-0.15, -0.1) is 0 Å². The minimum atomic E-state index is -4.97. The molecule has 0 saturated heterocycles. The third-order valence-corrected chi connectivity index (χ3v) is 21.5. The Hall–Kier alpha value is -1.94. The van der Waals surface area contributed by atoms with E-state index in [0.717, 1.165) is 114 Å². The molecule has 3 unspecified atom stereocenters. The van der Waals surface area contributed by atoms with E-state index in [1.54, 1.807) is 0 Å². The second kappa shape index (κ2) is 72.9. The van der Waals surface area contributed by atoms with E-state index < -0.39 is 97.5 Å². The molecule has 0 saturated carbocycles. The van der Waals surface area contributed by atoms with Crippen molar-refractivity contribution < 1.29 is 80.2 Å². The van der Waals surface area contributed by atoms with Gasteiger partial charge in [-0.25, -0.2) is 9.13 Å². The molecule has 0 amide bonds. The molecule has 612 valence electrons. The number of carbonyl (C=O) groups excluding carboxylic acids is 4. The maximum atomic E-state index is 13.1. The Kier molecular flexibility index (Phi) is 71.5. The number of unbranched alkanes of at least 4 members (excludes halogenated alkanes) is 47. The SMILES string of the molecule is CC(C)CCCCCCCCCCCCCCCCCCCCC(=O)OC[C@H](COP(=O)(O)OCC(O)COP(=O)(O)OC[C@@H](COC(=O)CCCCCCCCCC(C)C)OC(=O)CCCCCCCCCCCCC(C)C)OC(=O)CCCCCCCCCCCCCCCCCCC(C)C. The van der Waals surface area contributed by atoms with Gasteiger partial charge in [0.1, 0.15) is 19.3 Å². The lowest BCUT2D eigenvalue weighted by atomic mass is 10.0. The molecule has 0 aliphatic carbocycles. The number of hydrogen-bond acceptors (Lipinski definition) is 15. The molecule has 0 aliphatic rings. The standard InChI is InChI=1S/C84H164O17P2/c1-74(2)60-52-44-36-29-23-19-15-11-9-10-12-17-21-25-32-40-48-56-64-81(86)94-70-79(100-83(88)66-58-50-41-33-26-22-18-14-13-16-20-24-30-37-45-53-61-75(3)4)72-98-102(90,91)96-68-78(85)69-97-103(92,93)99-73-80(71-95-82(87)65-57-49-43-35-39-47-55-63-77(7)8)101-84(89)67-59-51-42-34-28-27-31-38-46-54-62-76(5)6/h74-80,85H,9-73H2,1-8H3,(H,90,91)(H,92,93)/t78?,79-,80-/m1/s1. The summed E-state index contributed by atoms with van der Waals surface area (Å²) in [6.07, 6.45) is 61.3. The Morgan fingerprint density at radius 3 is 0.602 bits per heavy atom. The Morgan fingerprint density at radius 1 is 0.243 bits per heavy atom. The summed E-state index contributed by atoms with van der Waals surface area (Å²) in [7, 11) is -9.92. The van der Waals surface area contributed by atoms with Crippen LogP contribution >= 0.6 is 15.6 Å². The Bertz CT molecular complexity index is 2010. The summed E-state index contributed by atoms with van der Waals surface area (Å²) in [5.41, 5.74) is 0. The maximum Gasteiger partial charge on any atom is 0.472 e. The van der Waals surface area contributed by atoms with Gasteiger partial charge in [0.15, 0.2) is 12.2 Å². The lowest BCUT2D eigenvalue weighted by Gasteiger charge is -2.21. The highest BCUT2D eigenvalue weighted by Gasteiger charge is 2.30. The number of phosphoric ester groups is 2. The number of aliphatic hydroxyl groups excluding tert-OH is 1. The topological polar surface area (TPSA) is 237 Å². The van der Waals surface area contributed by atoms with Crippen molar-refractivity contribution in [3.05, 3.63) is 0 Å². The van der Waals surface area contributed by atoms with Crippen LogP contribution in [0.5, 0.6) is 0 Å². The van der Waals surface area contributed by atoms with Crippen molar-refractivity contribution in [3.8, 4) is 0 Å². The number of carbonyl (C=O) groups is 4. The average molecular weight is 1510 g/mol. The number of phosphoric acid groups is 2. The molecule has 0 aromatic carbocycles. The van der Waals surface area contributed by atoms with E-state index >= 15 is 0 Å². The molecule has 0 radical (unpaired) electrons. The first-order valence-electron chi connectivity index (χ1n) is 43.2. The fraction of sp³-hybridized carbons (Fsp3) is 0.952. The Labute approximate surface area is 632 Å². The molecule has 103 heavy (non-hydrogen) atoms. The van der Waals surface area contributed by atoms with E-state index in [0.29, 0.717) is 31.6 Å². The highest BCUT2D eigenvalue weighted by Crippen LogP contribution is 2.45. The van der Waals surface area contributed by atoms with Crippen LogP contribution < -0.4 is 0 Å². The summed E-state index contributed by atoms with van der Waals surface area (Å²) in [6, 6.07) is 0. The predicted molar refractivity (Wildman–Crippen MR) is 423 cm³/mol. The van der Waals surface area contributed by atoms with E-state index in [1.807, 2.05) is 0 Å². The molecular weight excluding hydrogens is 1340 g/mol. The van der Waals surface area contributed by atoms with Gasteiger partial charge in [0, 0.05) is 25.7 Å². The van der Waals surface area contributed by atoms with Gasteiger partial charge in [0.2, 0.25) is 0 Å². The minimum Gasteiger partial charge on any atom is -0.462 e. The number of rotatable bonds is 81. The molecule has 19 heteroatoms. The van der Waals surface area contributed by atoms with Crippen LogP contribution in [0.15, 0.2) is 0 Å². The fourth-order valence-electron chi connectivity index (χ4n) is 13.0. The molecule has 0 heterocycles. The molecule has 0 bridgehead atoms. The zero-order valence-corrected chi connectivity index (χ0v) is 69.7. The largest absolute Gasteiger partial charge is 0.472 e. The summed E-state index contributed by atoms with van der Waals surface area (Å²) >= 11 is 0. The van der Waals surface area contributed by atoms with Crippen molar-refractivity contribution in [3.63, 3.8) is 0 Å². The van der Waals surface area contributed by atoms with Crippen molar-refractivity contribution in [2.75, 3.05) is 39.6 Å². The van der Waals surface area contributed by atoms with Gasteiger partial charge in [0.05, 0.1) is 26.4 Å². The van der Waals surface area contributed by atoms with Crippen molar-refractivity contribution in [1.82, 2.24) is 0 Å². The summed E-state index contributed by atoms with van der Waals surface area (Å²) in [6.45, 7) is 14.3. The van der Waals surface area contributed by atoms with Crippen LogP contribution in [0, 0.1) is 23.7 Å². The minimum absolute atomic E-state index is 0.105. The molecule has 5 atom stereocenters. The second-order valence-corrected chi connectivity index (χ2v) is 35.0. The van der Waals surface area contributed by atoms with Crippen LogP contribution in [0.25, 0.3) is 0 Å². The predicted octanol–water partition coefficient (Wildman–Crippen LogP) is 25.2. The number of esters is 4. The molecule has 3 N–H and O–H groups in total. The van der Waals surface area contributed by atoms with Gasteiger partial charge in [0.25, 0.3) is 0 Å². The first-order chi connectivity index (χ1) is 49.6. The van der Waals surface area contributed by atoms with Crippen LogP contribution in [0.1, 0.15) is 434 Å². The molecule has 0 aliphatic heterocycles. The van der Waals surface area contributed by atoms with E-state index in [-0.39, 0.29) is 25.7 Å². The lowest BCUT2D eigenvalue weighted by molar-refractivity contribution is -0.161. The molecule has 0 rings (SSSR count). The average Bonchev–Trinajstić information content (AvgIpc) is 0.943. The monoisotopic (exact) mass is 1510 g/mol. The van der Waals surface area contributed by atoms with E-state index in [1.165, 1.54) is 231 Å². The van der Waals surface area contributed by atoms with Crippen LogP contribution in [0.3, 0.4) is 0 Å². The fourth-order valence-corrected chi connectivity index (χ4v) is 14.5. The Morgan fingerprint density at radius 2 is 0.408 bits per heavy atom. The molecule has 0 spiro atoms. The van der Waals surface area contributed by atoms with Crippen molar-refractivity contribution in [2.24, 2.45) is 23.7 Å². The molecule has 0 fully saturated rings. The number of ether oxygens (including phenoxy) is 4. The first kappa shape index (κ1) is 101. The van der Waals surface area contributed by atoms with Gasteiger partial charge in [-0.2, -0.15) is 0 Å². The summed E-state index contributed by atoms with van der Waals surface area (Å²) in [5, 5.41) is 10.7. The van der Waals surface area contributed by atoms with E-state index in [4.69, 9.17) is 37.0 Å². The highest BCUT2D eigenvalue weighted by atomic mass is 31.2. The molecule has 17 nitrogen and oxygen atoms in total. The summed E-state index contributed by atoms with van der Waals surface area (Å²) in [4.78, 5) is 73.1. The van der Waals surface area contributed by atoms with Crippen LogP contribution in [0.4, 0.5) is 0 Å². The smallest absolute Gasteiger partial charge is 0.462 e. The van der Waals surface area contributed by atoms with E-state index in [2.05, 4.69) is 55.4 Å². The molecular formula is C84H164O17P2. The summed E-state index contributed by atoms with van der Waals surface area (Å²) < 4.78 is 68.8. The maximum absolute atomic E-state index is 13.1. The third-order valence-electron chi connectivity index (χ3n) is 19.6. The molecule has 0 aromatic heterocycles. The van der Waals surface area contributed by atoms with Gasteiger partial charge >= 0.3 is 39.5 Å². The van der Waals surface area contributed by atoms with E-state index in [9.17, 15) is 43.2 Å². The quantitative estimate of drug-likeness (QED) is 0.0222. The van der Waals surface area contributed by atoms with Crippen LogP contribution in [-0.4, -0.2) is 96.7 Å². The van der Waals surface area contributed by atoms with Gasteiger partial charge in [-0.05, 0) is 49.4 Å². The van der Waals surface area contributed by atoms with Crippen LogP contribution in [0.2, 0.25) is 0 Å². The number of hydrogen-bond donors (Lipinski definition) is 3.